The van der Waals surface area contributed by atoms with Crippen LogP contribution in [0.5, 0.6) is 0 Å². The molecule has 0 aliphatic heterocycles. The first-order chi connectivity index (χ1) is 38.6. The summed E-state index contributed by atoms with van der Waals surface area (Å²) in [6.45, 7) is 0. The lowest BCUT2D eigenvalue weighted by Gasteiger charge is -2.20. The first-order valence-electron chi connectivity index (χ1n) is 26.0. The van der Waals surface area contributed by atoms with Crippen LogP contribution in [0.1, 0.15) is 5.56 Å². The van der Waals surface area contributed by atoms with Gasteiger partial charge in [-0.1, -0.05) is 164 Å². The van der Waals surface area contributed by atoms with Crippen molar-refractivity contribution in [3.05, 3.63) is 248 Å². The zero-order valence-corrected chi connectivity index (χ0v) is 43.2. The summed E-state index contributed by atoms with van der Waals surface area (Å²) in [6.07, 6.45) is 0. The van der Waals surface area contributed by atoms with E-state index in [1.807, 2.05) is 83.3 Å². The van der Waals surface area contributed by atoms with Gasteiger partial charge in [0.25, 0.3) is 0 Å². The zero-order valence-electron chi connectivity index (χ0n) is 41.6. The molecule has 0 unspecified atom stereocenters. The highest BCUT2D eigenvalue weighted by Crippen LogP contribution is 2.48. The quantitative estimate of drug-likeness (QED) is 0.159. The highest BCUT2D eigenvalue weighted by Gasteiger charge is 2.25. The van der Waals surface area contributed by atoms with Crippen LogP contribution in [0.4, 0.5) is 0 Å². The van der Waals surface area contributed by atoms with Crippen LogP contribution in [0.2, 0.25) is 0 Å². The van der Waals surface area contributed by atoms with Gasteiger partial charge in [-0.25, -0.2) is 15.0 Å². The molecule has 5 aromatic heterocycles. The van der Waals surface area contributed by atoms with E-state index in [0.29, 0.717) is 23.0 Å². The fourth-order valence-electron chi connectivity index (χ4n) is 11.9. The maximum absolute atomic E-state index is 9.89. The molecule has 5 heterocycles. The molecule has 0 fully saturated rings. The maximum atomic E-state index is 9.89. The molecule has 78 heavy (non-hydrogen) atoms. The molecule has 0 atom stereocenters. The Morgan fingerprint density at radius 2 is 0.833 bits per heavy atom. The molecule has 6 nitrogen and oxygen atoms in total. The SMILES string of the molecule is N#Cc1ccc(-c2ccc(-n3c4ccccc4c4c5sc6ccccc6c5ccc43)c(-c3cc(-n4c5ccccc5c5c6sc7ccccc7c6ccc54)ccc3-c3nc(-c4ccccc4)nc(-c4ccccc4)n3)c2)cc1. The van der Waals surface area contributed by atoms with Crippen LogP contribution >= 0.6 is 22.7 Å². The molecule has 0 spiro atoms. The maximum Gasteiger partial charge on any atom is 0.164 e. The minimum absolute atomic E-state index is 0.558. The molecule has 0 aliphatic rings. The third kappa shape index (κ3) is 6.82. The number of thiophene rings is 2. The van der Waals surface area contributed by atoms with Crippen LogP contribution < -0.4 is 0 Å². The first-order valence-corrected chi connectivity index (χ1v) is 27.6. The van der Waals surface area contributed by atoms with Crippen molar-refractivity contribution in [3.8, 4) is 73.9 Å². The Balaban J connectivity index is 1.04. The Labute approximate surface area is 455 Å². The van der Waals surface area contributed by atoms with Crippen LogP contribution in [-0.4, -0.2) is 24.1 Å². The highest BCUT2D eigenvalue weighted by molar-refractivity contribution is 7.27. The van der Waals surface area contributed by atoms with Gasteiger partial charge < -0.3 is 9.13 Å². The number of rotatable bonds is 7. The Hall–Kier alpha value is -10.0. The summed E-state index contributed by atoms with van der Waals surface area (Å²) in [4.78, 5) is 16.0. The van der Waals surface area contributed by atoms with Gasteiger partial charge in [-0.05, 0) is 95.6 Å². The Kier molecular flexibility index (Phi) is 9.94. The number of para-hydroxylation sites is 2. The monoisotopic (exact) mass is 1030 g/mol. The lowest BCUT2D eigenvalue weighted by Crippen LogP contribution is -2.04. The summed E-state index contributed by atoms with van der Waals surface area (Å²) in [7, 11) is 0. The summed E-state index contributed by atoms with van der Waals surface area (Å²) in [5.41, 5.74) is 13.7. The fraction of sp³-hybridized carbons (Fsp3) is 0. The Morgan fingerprint density at radius 1 is 0.333 bits per heavy atom. The topological polar surface area (TPSA) is 72.3 Å². The molecular formula is C70H40N6S2. The lowest BCUT2D eigenvalue weighted by atomic mass is 9.92. The number of hydrogen-bond donors (Lipinski definition) is 0. The number of nitrogens with zero attached hydrogens (tertiary/aromatic N) is 6. The average Bonchev–Trinajstić information content (AvgIpc) is 4.46. The van der Waals surface area contributed by atoms with Gasteiger partial charge in [0, 0.05) is 89.8 Å². The molecule has 0 amide bonds. The molecule has 362 valence electrons. The van der Waals surface area contributed by atoms with E-state index in [2.05, 4.69) is 197 Å². The highest BCUT2D eigenvalue weighted by atomic mass is 32.1. The number of fused-ring (bicyclic) bond motifs is 14. The van der Waals surface area contributed by atoms with E-state index in [4.69, 9.17) is 15.0 Å². The molecule has 11 aromatic carbocycles. The lowest BCUT2D eigenvalue weighted by molar-refractivity contribution is 1.07. The van der Waals surface area contributed by atoms with Crippen LogP contribution in [0.25, 0.3) is 152 Å². The zero-order chi connectivity index (χ0) is 51.4. The summed E-state index contributed by atoms with van der Waals surface area (Å²) in [6, 6.07) is 88.5. The van der Waals surface area contributed by atoms with Crippen molar-refractivity contribution in [3.63, 3.8) is 0 Å². The average molecular weight is 1030 g/mol. The molecule has 0 saturated heterocycles. The summed E-state index contributed by atoms with van der Waals surface area (Å²) < 4.78 is 9.99. The molecule has 16 aromatic rings. The molecule has 0 bridgehead atoms. The van der Waals surface area contributed by atoms with Gasteiger partial charge in [0.2, 0.25) is 0 Å². The second-order valence-electron chi connectivity index (χ2n) is 19.8. The second kappa shape index (κ2) is 17.5. The summed E-state index contributed by atoms with van der Waals surface area (Å²) in [5, 5.41) is 19.8. The van der Waals surface area contributed by atoms with Crippen LogP contribution in [0.15, 0.2) is 243 Å². The Morgan fingerprint density at radius 3 is 1.42 bits per heavy atom. The molecule has 0 radical (unpaired) electrons. The van der Waals surface area contributed by atoms with Crippen molar-refractivity contribution in [1.82, 2.24) is 24.1 Å². The van der Waals surface area contributed by atoms with Gasteiger partial charge in [0.05, 0.1) is 39.4 Å². The van der Waals surface area contributed by atoms with Crippen molar-refractivity contribution < 1.29 is 0 Å². The van der Waals surface area contributed by atoms with Gasteiger partial charge in [0.1, 0.15) is 0 Å². The van der Waals surface area contributed by atoms with E-state index in [0.717, 1.165) is 72.4 Å². The predicted octanol–water partition coefficient (Wildman–Crippen LogP) is 19.0. The molecule has 0 N–H and O–H groups in total. The van der Waals surface area contributed by atoms with E-state index in [-0.39, 0.29) is 0 Å². The van der Waals surface area contributed by atoms with Crippen LogP contribution in [0.3, 0.4) is 0 Å². The normalized spacial score (nSPS) is 11.8. The van der Waals surface area contributed by atoms with Gasteiger partial charge in [0.15, 0.2) is 17.5 Å². The third-order valence-corrected chi connectivity index (χ3v) is 17.8. The Bertz CT molecular complexity index is 5100. The van der Waals surface area contributed by atoms with E-state index in [9.17, 15) is 5.26 Å². The third-order valence-electron chi connectivity index (χ3n) is 15.4. The van der Waals surface area contributed by atoms with Crippen molar-refractivity contribution in [2.75, 3.05) is 0 Å². The molecule has 0 saturated carbocycles. The van der Waals surface area contributed by atoms with E-state index in [1.54, 1.807) is 0 Å². The molecule has 0 aliphatic carbocycles. The minimum Gasteiger partial charge on any atom is -0.309 e. The van der Waals surface area contributed by atoms with E-state index in [1.165, 1.54) is 61.9 Å². The van der Waals surface area contributed by atoms with Crippen molar-refractivity contribution in [2.45, 2.75) is 0 Å². The largest absolute Gasteiger partial charge is 0.309 e. The van der Waals surface area contributed by atoms with Crippen LogP contribution in [-0.2, 0) is 0 Å². The van der Waals surface area contributed by atoms with Crippen molar-refractivity contribution in [1.29, 1.82) is 5.26 Å². The van der Waals surface area contributed by atoms with Crippen molar-refractivity contribution in [2.24, 2.45) is 0 Å². The van der Waals surface area contributed by atoms with Gasteiger partial charge in [-0.3, -0.25) is 0 Å². The van der Waals surface area contributed by atoms with Crippen molar-refractivity contribution >= 4 is 107 Å². The minimum atomic E-state index is 0.558. The standard InChI is InChI=1S/C70H40N6S2/c71-41-42-27-29-43(30-28-42)46-31-36-59(76-58-24-12-8-22-54(58)65-61(76)38-35-51-49-20-10-14-26-63(49)78-67(51)65)56(39-46)55-40-47(32-33-52(55)70-73-68(44-15-3-1-4-16-44)72-69(74-70)45-17-5-2-6-18-45)75-57-23-11-7-21-53(57)64-60(75)37-34-50-48-19-9-13-25-62(48)77-66(50)64/h1-40H. The van der Waals surface area contributed by atoms with Crippen LogP contribution in [0, 0.1) is 11.3 Å². The molecule has 8 heteroatoms. The number of nitriles is 1. The van der Waals surface area contributed by atoms with E-state index < -0.39 is 0 Å². The van der Waals surface area contributed by atoms with Gasteiger partial charge >= 0.3 is 0 Å². The number of hydrogen-bond acceptors (Lipinski definition) is 6. The second-order valence-corrected chi connectivity index (χ2v) is 21.9. The van der Waals surface area contributed by atoms with E-state index >= 15 is 0 Å². The number of aromatic nitrogens is 5. The number of benzene rings is 11. The molecule has 16 rings (SSSR count). The molecular weight excluding hydrogens is 989 g/mol. The summed E-state index contributed by atoms with van der Waals surface area (Å²) in [5.74, 6) is 1.73. The summed E-state index contributed by atoms with van der Waals surface area (Å²) >= 11 is 3.72. The predicted molar refractivity (Wildman–Crippen MR) is 326 cm³/mol. The van der Waals surface area contributed by atoms with Gasteiger partial charge in [-0.15, -0.1) is 22.7 Å². The first kappa shape index (κ1) is 44.3. The smallest absolute Gasteiger partial charge is 0.164 e. The van der Waals surface area contributed by atoms with Gasteiger partial charge in [-0.2, -0.15) is 5.26 Å². The fourth-order valence-corrected chi connectivity index (χ4v) is 14.4.